The molecule has 4 nitrogen and oxygen atoms in total. The molecule has 0 fully saturated rings. The van der Waals surface area contributed by atoms with Gasteiger partial charge in [0.2, 0.25) is 0 Å². The van der Waals surface area contributed by atoms with Crippen molar-refractivity contribution >= 4 is 12.4 Å². The molecule has 0 radical (unpaired) electrons. The number of rotatable bonds is 4. The van der Waals surface area contributed by atoms with E-state index in [9.17, 15) is 22.8 Å². The van der Waals surface area contributed by atoms with Gasteiger partial charge in [0.15, 0.2) is 0 Å². The Morgan fingerprint density at radius 1 is 1.32 bits per heavy atom. The summed E-state index contributed by atoms with van der Waals surface area (Å²) in [5, 5.41) is 0. The summed E-state index contributed by atoms with van der Waals surface area (Å²) in [6, 6.07) is 4.00. The number of halogens is 3. The zero-order valence-electron chi connectivity index (χ0n) is 9.98. The number of ether oxygens (including phenoxy) is 1. The first-order valence-corrected chi connectivity index (χ1v) is 5.34. The maximum absolute atomic E-state index is 12.4. The molecule has 7 heteroatoms. The Kier molecular flexibility index (Phi) is 4.52. The van der Waals surface area contributed by atoms with E-state index in [4.69, 9.17) is 10.5 Å². The normalized spacial score (nSPS) is 14.5. The average Bonchev–Trinajstić information content (AvgIpc) is 2.34. The molecule has 1 rings (SSSR count). The number of benzene rings is 1. The van der Waals surface area contributed by atoms with Crippen LogP contribution in [0.1, 0.15) is 24.2 Å². The third-order valence-corrected chi connectivity index (χ3v) is 2.50. The van der Waals surface area contributed by atoms with Crippen LogP contribution in [0.2, 0.25) is 0 Å². The summed E-state index contributed by atoms with van der Waals surface area (Å²) in [5.41, 5.74) is 4.31. The molecule has 0 spiro atoms. The second kappa shape index (κ2) is 5.73. The number of amides is 1. The van der Waals surface area contributed by atoms with Crippen LogP contribution in [0.4, 0.5) is 18.0 Å². The van der Waals surface area contributed by atoms with Crippen molar-refractivity contribution in [3.63, 3.8) is 0 Å². The first kappa shape index (κ1) is 15.0. The van der Waals surface area contributed by atoms with Gasteiger partial charge in [-0.1, -0.05) is 19.1 Å². The average molecular weight is 275 g/mol. The molecule has 1 amide bonds. The highest BCUT2D eigenvalue weighted by Crippen LogP contribution is 2.31. The third kappa shape index (κ3) is 3.97. The van der Waals surface area contributed by atoms with E-state index in [0.29, 0.717) is 6.29 Å². The van der Waals surface area contributed by atoms with E-state index in [2.05, 4.69) is 0 Å². The summed E-state index contributed by atoms with van der Waals surface area (Å²) in [6.07, 6.45) is -6.02. The van der Waals surface area contributed by atoms with Crippen molar-refractivity contribution < 1.29 is 27.5 Å². The summed E-state index contributed by atoms with van der Waals surface area (Å²) in [6.45, 7) is 1.47. The highest BCUT2D eigenvalue weighted by Gasteiger charge is 2.31. The molecule has 0 saturated carbocycles. The Bertz CT molecular complexity index is 456. The van der Waals surface area contributed by atoms with E-state index in [-0.39, 0.29) is 5.56 Å². The van der Waals surface area contributed by atoms with Crippen LogP contribution in [-0.4, -0.2) is 12.4 Å². The number of hydrogen-bond donors (Lipinski definition) is 1. The minimum Gasteiger partial charge on any atom is -0.441 e. The zero-order valence-corrected chi connectivity index (χ0v) is 9.98. The molecule has 0 aliphatic heterocycles. The molecule has 0 aromatic heterocycles. The number of hydrogen-bond acceptors (Lipinski definition) is 3. The molecule has 0 aliphatic rings. The van der Waals surface area contributed by atoms with Crippen molar-refractivity contribution in [3.05, 3.63) is 35.4 Å². The van der Waals surface area contributed by atoms with Gasteiger partial charge in [-0.3, -0.25) is 0 Å². The molecular weight excluding hydrogens is 263 g/mol. The monoisotopic (exact) mass is 275 g/mol. The predicted octanol–water partition coefficient (Wildman–Crippen LogP) is 2.68. The van der Waals surface area contributed by atoms with E-state index in [0.717, 1.165) is 24.3 Å². The first-order chi connectivity index (χ1) is 8.75. The number of aldehydes is 1. The molecule has 0 heterocycles. The molecule has 0 bridgehead atoms. The Morgan fingerprint density at radius 2 is 1.84 bits per heavy atom. The zero-order chi connectivity index (χ0) is 14.6. The van der Waals surface area contributed by atoms with Gasteiger partial charge in [0.25, 0.3) is 0 Å². The largest absolute Gasteiger partial charge is 0.441 e. The fourth-order valence-electron chi connectivity index (χ4n) is 1.54. The maximum atomic E-state index is 12.4. The lowest BCUT2D eigenvalue weighted by molar-refractivity contribution is -0.137. The lowest BCUT2D eigenvalue weighted by Gasteiger charge is -2.20. The molecule has 19 heavy (non-hydrogen) atoms. The smallest absolute Gasteiger partial charge is 0.416 e. The standard InChI is InChI=1S/C12H12F3NO3/c1-7(6-17)10(19-11(16)18)8-2-4-9(5-3-8)12(13,14)15/h2-7,10H,1H3,(H2,16,18). The summed E-state index contributed by atoms with van der Waals surface area (Å²) >= 11 is 0. The summed E-state index contributed by atoms with van der Waals surface area (Å²) in [5.74, 6) is -0.718. The van der Waals surface area contributed by atoms with E-state index in [1.165, 1.54) is 6.92 Å². The van der Waals surface area contributed by atoms with Crippen molar-refractivity contribution in [2.45, 2.75) is 19.2 Å². The SMILES string of the molecule is CC(C=O)C(OC(N)=O)c1ccc(C(F)(F)F)cc1. The lowest BCUT2D eigenvalue weighted by Crippen LogP contribution is -2.22. The van der Waals surface area contributed by atoms with E-state index in [1.807, 2.05) is 0 Å². The van der Waals surface area contributed by atoms with Gasteiger partial charge < -0.3 is 15.3 Å². The van der Waals surface area contributed by atoms with Gasteiger partial charge in [-0.2, -0.15) is 13.2 Å². The molecule has 0 aliphatic carbocycles. The van der Waals surface area contributed by atoms with Crippen LogP contribution >= 0.6 is 0 Å². The van der Waals surface area contributed by atoms with E-state index >= 15 is 0 Å². The van der Waals surface area contributed by atoms with Crippen molar-refractivity contribution in [1.29, 1.82) is 0 Å². The van der Waals surface area contributed by atoms with Gasteiger partial charge in [0, 0.05) is 0 Å². The third-order valence-electron chi connectivity index (χ3n) is 2.50. The van der Waals surface area contributed by atoms with Gasteiger partial charge in [-0.15, -0.1) is 0 Å². The maximum Gasteiger partial charge on any atom is 0.416 e. The van der Waals surface area contributed by atoms with Crippen molar-refractivity contribution in [3.8, 4) is 0 Å². The molecular formula is C12H12F3NO3. The summed E-state index contributed by atoms with van der Waals surface area (Å²) < 4.78 is 41.9. The molecule has 2 N–H and O–H groups in total. The fraction of sp³-hybridized carbons (Fsp3) is 0.333. The quantitative estimate of drug-likeness (QED) is 0.859. The van der Waals surface area contributed by atoms with Crippen LogP contribution in [0.15, 0.2) is 24.3 Å². The van der Waals surface area contributed by atoms with E-state index < -0.39 is 29.9 Å². The minimum atomic E-state index is -4.45. The predicted molar refractivity (Wildman–Crippen MR) is 60.1 cm³/mol. The van der Waals surface area contributed by atoms with Crippen LogP contribution < -0.4 is 5.73 Å². The number of primary amides is 1. The Labute approximate surface area is 107 Å². The summed E-state index contributed by atoms with van der Waals surface area (Å²) in [7, 11) is 0. The van der Waals surface area contributed by atoms with Crippen molar-refractivity contribution in [2.75, 3.05) is 0 Å². The van der Waals surface area contributed by atoms with Gasteiger partial charge in [-0.05, 0) is 17.7 Å². The topological polar surface area (TPSA) is 69.4 Å². The van der Waals surface area contributed by atoms with Crippen molar-refractivity contribution in [2.24, 2.45) is 11.7 Å². The second-order valence-electron chi connectivity index (χ2n) is 3.97. The van der Waals surface area contributed by atoms with Gasteiger partial charge in [0.05, 0.1) is 11.5 Å². The number of carbonyl (C=O) groups is 2. The Hall–Kier alpha value is -2.05. The lowest BCUT2D eigenvalue weighted by atomic mass is 9.97. The molecule has 1 aromatic rings. The molecule has 2 unspecified atom stereocenters. The number of carbonyl (C=O) groups excluding carboxylic acids is 2. The molecule has 2 atom stereocenters. The fourth-order valence-corrected chi connectivity index (χ4v) is 1.54. The number of alkyl halides is 3. The first-order valence-electron chi connectivity index (χ1n) is 5.34. The van der Waals surface area contributed by atoms with Crippen LogP contribution in [0.3, 0.4) is 0 Å². The summed E-state index contributed by atoms with van der Waals surface area (Å²) in [4.78, 5) is 21.4. The van der Waals surface area contributed by atoms with Gasteiger partial charge in [0.1, 0.15) is 12.4 Å². The van der Waals surface area contributed by atoms with Crippen molar-refractivity contribution in [1.82, 2.24) is 0 Å². The van der Waals surface area contributed by atoms with Crippen LogP contribution in [0.25, 0.3) is 0 Å². The second-order valence-corrected chi connectivity index (χ2v) is 3.97. The molecule has 0 saturated heterocycles. The highest BCUT2D eigenvalue weighted by atomic mass is 19.4. The van der Waals surface area contributed by atoms with E-state index in [1.54, 1.807) is 0 Å². The highest BCUT2D eigenvalue weighted by molar-refractivity contribution is 5.66. The number of nitrogens with two attached hydrogens (primary N) is 1. The van der Waals surface area contributed by atoms with Gasteiger partial charge in [-0.25, -0.2) is 4.79 Å². The van der Waals surface area contributed by atoms with Crippen LogP contribution in [-0.2, 0) is 15.7 Å². The van der Waals surface area contributed by atoms with Gasteiger partial charge >= 0.3 is 12.3 Å². The molecule has 1 aromatic carbocycles. The Morgan fingerprint density at radius 3 is 2.21 bits per heavy atom. The van der Waals surface area contributed by atoms with Crippen LogP contribution in [0, 0.1) is 5.92 Å². The van der Waals surface area contributed by atoms with Crippen LogP contribution in [0.5, 0.6) is 0 Å². The molecule has 104 valence electrons. The minimum absolute atomic E-state index is 0.270. The Balaban J connectivity index is 3.03.